The van der Waals surface area contributed by atoms with Gasteiger partial charge in [-0.15, -0.1) is 0 Å². The Balaban J connectivity index is 0. The van der Waals surface area contributed by atoms with Crippen LogP contribution in [0.25, 0.3) is 0 Å². The van der Waals surface area contributed by atoms with E-state index in [1.807, 2.05) is 0 Å². The molecule has 0 aromatic carbocycles. The van der Waals surface area contributed by atoms with Crippen molar-refractivity contribution >= 4 is 47.8 Å². The third-order valence-corrected chi connectivity index (χ3v) is 4.42. The van der Waals surface area contributed by atoms with Gasteiger partial charge in [0.15, 0.2) is 0 Å². The smallest absolute Gasteiger partial charge is 0.320 e. The molecule has 228 valence electrons. The molecule has 20 nitrogen and oxygen atoms in total. The van der Waals surface area contributed by atoms with Crippen LogP contribution in [0, 0.1) is 0 Å². The predicted molar refractivity (Wildman–Crippen MR) is 127 cm³/mol. The largest absolute Gasteiger partial charge is 0.480 e. The van der Waals surface area contributed by atoms with Crippen molar-refractivity contribution in [1.29, 1.82) is 0 Å². The summed E-state index contributed by atoms with van der Waals surface area (Å²) < 4.78 is 0. The van der Waals surface area contributed by atoms with Crippen molar-refractivity contribution in [3.05, 3.63) is 0 Å². The van der Waals surface area contributed by atoms with E-state index in [2.05, 4.69) is 5.32 Å². The second kappa shape index (κ2) is 20.5. The highest BCUT2D eigenvalue weighted by molar-refractivity contribution is 5.76. The van der Waals surface area contributed by atoms with Crippen molar-refractivity contribution in [2.24, 2.45) is 0 Å². The highest BCUT2D eigenvalue weighted by Gasteiger charge is 2.21. The van der Waals surface area contributed by atoms with Crippen LogP contribution in [-0.2, 0) is 38.4 Å². The molecule has 40 heavy (non-hydrogen) atoms. The fourth-order valence-corrected chi connectivity index (χ4v) is 2.91. The minimum atomic E-state index is -1.29. The molecule has 0 spiro atoms. The highest BCUT2D eigenvalue weighted by atomic mass is 16.4. The zero-order valence-electron chi connectivity index (χ0n) is 21.0. The lowest BCUT2D eigenvalue weighted by Gasteiger charge is -2.23. The first-order chi connectivity index (χ1) is 18.4. The van der Waals surface area contributed by atoms with Gasteiger partial charge in [-0.3, -0.25) is 58.4 Å². The Labute approximate surface area is 225 Å². The first kappa shape index (κ1) is 37.8. The molecule has 1 unspecified atom stereocenters. The van der Waals surface area contributed by atoms with Crippen LogP contribution in [0.3, 0.4) is 0 Å². The van der Waals surface area contributed by atoms with E-state index in [0.29, 0.717) is 0 Å². The zero-order chi connectivity index (χ0) is 31.4. The van der Waals surface area contributed by atoms with Gasteiger partial charge in [-0.05, 0) is 6.42 Å². The maximum absolute atomic E-state index is 10.9. The molecule has 0 aromatic heterocycles. The molecular formula is C20H32N4O16. The van der Waals surface area contributed by atoms with Crippen LogP contribution < -0.4 is 5.32 Å². The van der Waals surface area contributed by atoms with Crippen molar-refractivity contribution in [2.45, 2.75) is 12.5 Å². The summed E-state index contributed by atoms with van der Waals surface area (Å²) in [6, 6.07) is -1.20. The minimum Gasteiger partial charge on any atom is -0.480 e. The third kappa shape index (κ3) is 24.0. The van der Waals surface area contributed by atoms with Crippen molar-refractivity contribution in [3.63, 3.8) is 0 Å². The maximum atomic E-state index is 10.9. The van der Waals surface area contributed by atoms with Crippen LogP contribution in [-0.4, -0.2) is 175 Å². The Morgan fingerprint density at radius 3 is 0.950 bits per heavy atom. The number of carbonyl (C=O) groups is 8. The lowest BCUT2D eigenvalue weighted by atomic mass is 10.2. The zero-order valence-corrected chi connectivity index (χ0v) is 21.0. The van der Waals surface area contributed by atoms with Crippen LogP contribution in [0.2, 0.25) is 0 Å². The third-order valence-electron chi connectivity index (χ3n) is 4.42. The molecule has 9 N–H and O–H groups in total. The quantitative estimate of drug-likeness (QED) is 0.0583. The van der Waals surface area contributed by atoms with E-state index in [9.17, 15) is 38.4 Å². The Kier molecular flexibility index (Phi) is 19.4. The minimum absolute atomic E-state index is 0.0703. The van der Waals surface area contributed by atoms with Crippen LogP contribution in [0.5, 0.6) is 0 Å². The van der Waals surface area contributed by atoms with Crippen molar-refractivity contribution in [3.8, 4) is 0 Å². The molecule has 0 aliphatic carbocycles. The molecule has 1 atom stereocenters. The Hall–Kier alpha value is -4.40. The Bertz CT molecular complexity index is 827. The fraction of sp³-hybridized carbons (Fsp3) is 0.600. The second-order valence-electron chi connectivity index (χ2n) is 7.95. The van der Waals surface area contributed by atoms with Gasteiger partial charge in [-0.2, -0.15) is 0 Å². The van der Waals surface area contributed by atoms with Gasteiger partial charge in [0.05, 0.1) is 45.8 Å². The van der Waals surface area contributed by atoms with Crippen molar-refractivity contribution in [2.75, 3.05) is 65.4 Å². The average Bonchev–Trinajstić information content (AvgIpc) is 2.74. The molecule has 0 fully saturated rings. The molecule has 0 aliphatic rings. The summed E-state index contributed by atoms with van der Waals surface area (Å²) in [6.45, 7) is -4.01. The topological polar surface area (TPSA) is 320 Å². The van der Waals surface area contributed by atoms with E-state index in [-0.39, 0.29) is 26.1 Å². The summed E-state index contributed by atoms with van der Waals surface area (Å²) in [5.41, 5.74) is 0. The van der Waals surface area contributed by atoms with Gasteiger partial charge in [-0.1, -0.05) is 0 Å². The molecule has 20 heteroatoms. The fourth-order valence-electron chi connectivity index (χ4n) is 2.91. The first-order valence-electron chi connectivity index (χ1n) is 11.1. The van der Waals surface area contributed by atoms with Gasteiger partial charge in [0.25, 0.3) is 0 Å². The Morgan fingerprint density at radius 2 is 0.725 bits per heavy atom. The summed E-state index contributed by atoms with van der Waals surface area (Å²) in [5.74, 6) is -9.92. The van der Waals surface area contributed by atoms with Gasteiger partial charge in [0, 0.05) is 19.6 Å². The van der Waals surface area contributed by atoms with Gasteiger partial charge in [0.2, 0.25) is 0 Å². The monoisotopic (exact) mass is 584 g/mol. The summed E-state index contributed by atoms with van der Waals surface area (Å²) in [6.07, 6.45) is -0.122. The lowest BCUT2D eigenvalue weighted by Crippen LogP contribution is -2.43. The van der Waals surface area contributed by atoms with Gasteiger partial charge in [0.1, 0.15) is 6.04 Å². The van der Waals surface area contributed by atoms with Crippen LogP contribution in [0.15, 0.2) is 0 Å². The van der Waals surface area contributed by atoms with E-state index in [4.69, 9.17) is 40.9 Å². The predicted octanol–water partition coefficient (Wildman–Crippen LogP) is -4.10. The van der Waals surface area contributed by atoms with E-state index < -0.39 is 99.6 Å². The molecule has 0 saturated carbocycles. The molecule has 0 amide bonds. The second-order valence-corrected chi connectivity index (χ2v) is 7.95. The number of hydrogen-bond acceptors (Lipinski definition) is 12. The molecular weight excluding hydrogens is 552 g/mol. The van der Waals surface area contributed by atoms with Gasteiger partial charge >= 0.3 is 47.8 Å². The average molecular weight is 584 g/mol. The molecule has 0 bridgehead atoms. The number of rotatable bonds is 22. The number of carboxylic acids is 8. The molecule has 0 rings (SSSR count). The number of hydrogen-bond donors (Lipinski definition) is 9. The van der Waals surface area contributed by atoms with Gasteiger partial charge in [-0.25, -0.2) is 0 Å². The summed E-state index contributed by atoms with van der Waals surface area (Å²) in [7, 11) is 0. The van der Waals surface area contributed by atoms with Crippen LogP contribution in [0.4, 0.5) is 0 Å². The highest BCUT2D eigenvalue weighted by Crippen LogP contribution is 1.98. The van der Waals surface area contributed by atoms with E-state index in [1.165, 1.54) is 0 Å². The molecule has 0 saturated heterocycles. The van der Waals surface area contributed by atoms with Crippen LogP contribution in [0.1, 0.15) is 6.42 Å². The maximum Gasteiger partial charge on any atom is 0.320 e. The first-order valence-corrected chi connectivity index (χ1v) is 11.1. The lowest BCUT2D eigenvalue weighted by molar-refractivity contribution is -0.145. The van der Waals surface area contributed by atoms with Crippen molar-refractivity contribution in [1.82, 2.24) is 20.0 Å². The van der Waals surface area contributed by atoms with Gasteiger partial charge < -0.3 is 40.9 Å². The number of carboxylic acid groups (broad SMARTS) is 8. The molecule has 0 aromatic rings. The van der Waals surface area contributed by atoms with E-state index >= 15 is 0 Å². The van der Waals surface area contributed by atoms with E-state index in [1.54, 1.807) is 0 Å². The number of nitrogens with one attached hydrogen (secondary N) is 1. The summed E-state index contributed by atoms with van der Waals surface area (Å²) in [5, 5.41) is 71.2. The Morgan fingerprint density at radius 1 is 0.450 bits per heavy atom. The number of nitrogens with zero attached hydrogens (tertiary/aromatic N) is 3. The molecule has 0 radical (unpaired) electrons. The summed E-state index contributed by atoms with van der Waals surface area (Å²) >= 11 is 0. The standard InChI is InChI=1S/2C10H16N2O8/c13-7(14)3-11(4-8(15)16)1-2-12(5-9(17)18)6-10(19)20;13-7(14)3-11-6(10(19)20)1-2-12(4-8(15)16)5-9(17)18/h1-6H2,(H,13,14)(H,15,16)(H,17,18)(H,19,20);6,11H,1-5H2,(H,13,14)(H,15,16)(H,17,18)(H,19,20). The number of aliphatic carboxylic acids is 8. The van der Waals surface area contributed by atoms with Crippen LogP contribution >= 0.6 is 0 Å². The summed E-state index contributed by atoms with van der Waals surface area (Å²) in [4.78, 5) is 87.7. The van der Waals surface area contributed by atoms with E-state index in [0.717, 1.165) is 14.7 Å². The SMILES string of the molecule is O=C(O)CN(CCN(CC(=O)O)CC(=O)O)CC(=O)O.O=C(O)CNC(CCN(CC(=O)O)CC(=O)O)C(=O)O. The molecule has 0 heterocycles. The molecule has 0 aliphatic heterocycles. The normalized spacial score (nSPS) is 11.4. The van der Waals surface area contributed by atoms with Crippen molar-refractivity contribution < 1.29 is 79.2 Å².